The first-order valence-electron chi connectivity index (χ1n) is 11.2. The van der Waals surface area contributed by atoms with E-state index in [-0.39, 0.29) is 5.54 Å². The Labute approximate surface area is 175 Å². The quantitative estimate of drug-likeness (QED) is 0.580. The predicted molar refractivity (Wildman–Crippen MR) is 120 cm³/mol. The van der Waals surface area contributed by atoms with Gasteiger partial charge in [0, 0.05) is 42.1 Å². The van der Waals surface area contributed by atoms with E-state index in [1.165, 1.54) is 18.5 Å². The highest BCUT2D eigenvalue weighted by atomic mass is 16.7. The van der Waals surface area contributed by atoms with Crippen LogP contribution >= 0.6 is 0 Å². The van der Waals surface area contributed by atoms with E-state index in [4.69, 9.17) is 4.84 Å². The number of hydrazine groups is 1. The van der Waals surface area contributed by atoms with Crippen molar-refractivity contribution in [3.05, 3.63) is 54.1 Å². The van der Waals surface area contributed by atoms with E-state index in [1.54, 1.807) is 0 Å². The highest BCUT2D eigenvalue weighted by Gasteiger charge is 2.52. The van der Waals surface area contributed by atoms with Crippen molar-refractivity contribution in [2.75, 3.05) is 18.0 Å². The Kier molecular flexibility index (Phi) is 5.53. The number of benzene rings is 2. The number of hydrogen-bond acceptors (Lipinski definition) is 3. The highest BCUT2D eigenvalue weighted by Crippen LogP contribution is 2.45. The first kappa shape index (κ1) is 19.8. The molecule has 0 amide bonds. The largest absolute Gasteiger partial charge is 0.372 e. The molecule has 2 aromatic carbocycles. The Morgan fingerprint density at radius 2 is 1.86 bits per heavy atom. The van der Waals surface area contributed by atoms with E-state index in [0.29, 0.717) is 5.92 Å². The lowest BCUT2D eigenvalue weighted by Gasteiger charge is -2.40. The van der Waals surface area contributed by atoms with Gasteiger partial charge in [0.15, 0.2) is 5.75 Å². The van der Waals surface area contributed by atoms with Gasteiger partial charge in [0.2, 0.25) is 11.9 Å². The maximum Gasteiger partial charge on any atom is 0.238 e. The van der Waals surface area contributed by atoms with Crippen molar-refractivity contribution < 1.29 is 9.52 Å². The molecule has 1 fully saturated rings. The van der Waals surface area contributed by atoms with Gasteiger partial charge >= 0.3 is 0 Å². The summed E-state index contributed by atoms with van der Waals surface area (Å²) in [7, 11) is 0. The summed E-state index contributed by atoms with van der Waals surface area (Å²) in [6.45, 7) is 11.1. The molecule has 154 valence electrons. The molecule has 2 aromatic rings. The van der Waals surface area contributed by atoms with E-state index < -0.39 is 0 Å². The molecule has 0 aromatic heterocycles. The van der Waals surface area contributed by atoms with Crippen LogP contribution in [0, 0.1) is 5.92 Å². The summed E-state index contributed by atoms with van der Waals surface area (Å²) in [5, 5.41) is 2.19. The van der Waals surface area contributed by atoms with Crippen molar-refractivity contribution in [1.29, 1.82) is 0 Å². The van der Waals surface area contributed by atoms with Crippen LogP contribution in [0.15, 0.2) is 48.5 Å². The molecule has 1 aliphatic carbocycles. The number of hydrazone groups is 1. The van der Waals surface area contributed by atoms with E-state index in [1.807, 2.05) is 0 Å². The second kappa shape index (κ2) is 8.10. The fraction of sp³-hybridized carbons (Fsp3) is 0.480. The molecule has 1 saturated carbocycles. The SMILES string of the molecule is CCN(CC)c1ccc2c(c1)ON(C1(CC)CCCC1C)[N+](c1ccccc1)=C2. The molecule has 0 N–H and O–H groups in total. The second-order valence-corrected chi connectivity index (χ2v) is 8.32. The minimum Gasteiger partial charge on any atom is -0.372 e. The van der Waals surface area contributed by atoms with E-state index >= 15 is 0 Å². The van der Waals surface area contributed by atoms with Crippen molar-refractivity contribution >= 4 is 17.6 Å². The normalized spacial score (nSPS) is 23.4. The Bertz CT molecular complexity index is 875. The Balaban J connectivity index is 1.82. The molecule has 0 radical (unpaired) electrons. The fourth-order valence-corrected chi connectivity index (χ4v) is 5.06. The molecule has 0 spiro atoms. The molecular formula is C25H34N3O+. The van der Waals surface area contributed by atoms with Crippen molar-refractivity contribution in [1.82, 2.24) is 5.17 Å². The van der Waals surface area contributed by atoms with Gasteiger partial charge in [-0.3, -0.25) is 0 Å². The van der Waals surface area contributed by atoms with Crippen LogP contribution in [0.4, 0.5) is 11.4 Å². The van der Waals surface area contributed by atoms with Gasteiger partial charge in [0.25, 0.3) is 0 Å². The van der Waals surface area contributed by atoms with Crippen LogP contribution in [0.25, 0.3) is 0 Å². The maximum absolute atomic E-state index is 6.73. The minimum atomic E-state index is 0.00916. The van der Waals surface area contributed by atoms with E-state index in [9.17, 15) is 0 Å². The van der Waals surface area contributed by atoms with Crippen LogP contribution in [0.5, 0.6) is 5.75 Å². The van der Waals surface area contributed by atoms with Crippen LogP contribution < -0.4 is 9.74 Å². The number of anilines is 1. The Morgan fingerprint density at radius 1 is 1.10 bits per heavy atom. The summed E-state index contributed by atoms with van der Waals surface area (Å²) in [4.78, 5) is 9.10. The lowest BCUT2D eigenvalue weighted by molar-refractivity contribution is -0.713. The van der Waals surface area contributed by atoms with Crippen molar-refractivity contribution in [3.63, 3.8) is 0 Å². The third-order valence-corrected chi connectivity index (χ3v) is 6.95. The lowest BCUT2D eigenvalue weighted by Crippen LogP contribution is -2.57. The van der Waals surface area contributed by atoms with Gasteiger partial charge in [0.05, 0.1) is 5.56 Å². The summed E-state index contributed by atoms with van der Waals surface area (Å²) in [5.74, 6) is 1.54. The first-order valence-corrected chi connectivity index (χ1v) is 11.2. The molecule has 4 nitrogen and oxygen atoms in total. The maximum atomic E-state index is 6.73. The average Bonchev–Trinajstić information content (AvgIpc) is 3.15. The number of hydroxylamine groups is 1. The van der Waals surface area contributed by atoms with Crippen LogP contribution in [0.1, 0.15) is 58.9 Å². The van der Waals surface area contributed by atoms with Gasteiger partial charge < -0.3 is 9.74 Å². The van der Waals surface area contributed by atoms with Gasteiger partial charge in [-0.25, -0.2) is 0 Å². The number of rotatable bonds is 6. The van der Waals surface area contributed by atoms with Crippen LogP contribution in [0.2, 0.25) is 0 Å². The fourth-order valence-electron chi connectivity index (χ4n) is 5.06. The number of fused-ring (bicyclic) bond motifs is 1. The number of nitrogens with zero attached hydrogens (tertiary/aromatic N) is 3. The molecule has 4 rings (SSSR count). The van der Waals surface area contributed by atoms with Gasteiger partial charge in [-0.1, -0.05) is 38.5 Å². The molecule has 2 aliphatic rings. The summed E-state index contributed by atoms with van der Waals surface area (Å²) in [6, 6.07) is 17.2. The third kappa shape index (κ3) is 3.39. The Morgan fingerprint density at radius 3 is 2.48 bits per heavy atom. The zero-order valence-corrected chi connectivity index (χ0v) is 18.3. The summed E-state index contributed by atoms with van der Waals surface area (Å²) >= 11 is 0. The first-order chi connectivity index (χ1) is 14.1. The molecule has 0 saturated heterocycles. The van der Waals surface area contributed by atoms with Crippen molar-refractivity contribution in [2.45, 2.75) is 58.9 Å². The van der Waals surface area contributed by atoms with Gasteiger partial charge in [0.1, 0.15) is 5.54 Å². The molecule has 4 heteroatoms. The molecule has 1 heterocycles. The van der Waals surface area contributed by atoms with Gasteiger partial charge in [-0.2, -0.15) is 0 Å². The molecule has 0 bridgehead atoms. The van der Waals surface area contributed by atoms with Gasteiger partial charge in [-0.05, 0) is 55.8 Å². The standard InChI is InChI=1S/C25H34N3O/c1-5-25(17-11-12-20(25)4)28-27(22-13-9-8-10-14-22)19-21-15-16-23(18-24(21)29-28)26(6-2)7-3/h8-10,13-16,18-20H,5-7,11-12,17H2,1-4H3/q+1. The van der Waals surface area contributed by atoms with Crippen LogP contribution in [-0.2, 0) is 0 Å². The molecular weight excluding hydrogens is 358 g/mol. The average molecular weight is 393 g/mol. The summed E-state index contributed by atoms with van der Waals surface area (Å²) in [5.41, 5.74) is 3.49. The lowest BCUT2D eigenvalue weighted by atomic mass is 9.86. The zero-order valence-electron chi connectivity index (χ0n) is 18.3. The van der Waals surface area contributed by atoms with E-state index in [2.05, 4.69) is 97.2 Å². The predicted octanol–water partition coefficient (Wildman–Crippen LogP) is 5.79. The minimum absolute atomic E-state index is 0.00916. The van der Waals surface area contributed by atoms with E-state index in [0.717, 1.165) is 42.9 Å². The van der Waals surface area contributed by atoms with Crippen molar-refractivity contribution in [3.8, 4) is 5.75 Å². The topological polar surface area (TPSA) is 18.7 Å². The number of hydrogen-bond donors (Lipinski definition) is 0. The summed E-state index contributed by atoms with van der Waals surface area (Å²) in [6.07, 6.45) is 6.97. The van der Waals surface area contributed by atoms with Gasteiger partial charge in [-0.15, -0.1) is 0 Å². The van der Waals surface area contributed by atoms with Crippen molar-refractivity contribution in [2.24, 2.45) is 5.92 Å². The summed E-state index contributed by atoms with van der Waals surface area (Å²) < 4.78 is 2.23. The second-order valence-electron chi connectivity index (χ2n) is 8.32. The third-order valence-electron chi connectivity index (χ3n) is 6.95. The molecule has 29 heavy (non-hydrogen) atoms. The number of para-hydroxylation sites is 1. The Hall–Kier alpha value is -2.49. The molecule has 2 atom stereocenters. The molecule has 2 unspecified atom stereocenters. The van der Waals surface area contributed by atoms with Crippen LogP contribution in [-0.4, -0.2) is 34.7 Å². The van der Waals surface area contributed by atoms with Crippen LogP contribution in [0.3, 0.4) is 0 Å². The zero-order chi connectivity index (χ0) is 20.4. The smallest absolute Gasteiger partial charge is 0.238 e. The highest BCUT2D eigenvalue weighted by molar-refractivity contribution is 5.82. The molecule has 1 aliphatic heterocycles. The monoisotopic (exact) mass is 392 g/mol.